The number of carbonyl (C=O) groups is 1. The molecule has 0 saturated heterocycles. The average Bonchev–Trinajstić information content (AvgIpc) is 3.26. The van der Waals surface area contributed by atoms with E-state index in [-0.39, 0.29) is 18.2 Å². The SMILES string of the molecule is COc1ccccc1C(CNC(=O)Nc1ccc(-n2cccn2)nc1)OC(C)C. The van der Waals surface area contributed by atoms with Gasteiger partial charge in [-0.3, -0.25) is 0 Å². The number of hydrogen-bond donors (Lipinski definition) is 2. The number of amides is 2. The Bertz CT molecular complexity index is 910. The van der Waals surface area contributed by atoms with Crippen molar-refractivity contribution in [2.45, 2.75) is 26.1 Å². The molecule has 0 aliphatic rings. The molecule has 1 aromatic carbocycles. The van der Waals surface area contributed by atoms with Crippen LogP contribution in [-0.4, -0.2) is 40.6 Å². The van der Waals surface area contributed by atoms with Gasteiger partial charge in [0.15, 0.2) is 5.82 Å². The number of urea groups is 1. The van der Waals surface area contributed by atoms with Gasteiger partial charge in [0.2, 0.25) is 0 Å². The summed E-state index contributed by atoms with van der Waals surface area (Å²) in [5.74, 6) is 1.39. The summed E-state index contributed by atoms with van der Waals surface area (Å²) in [6, 6.07) is 12.6. The molecule has 1 atom stereocenters. The molecule has 0 bridgehead atoms. The second-order valence-electron chi connectivity index (χ2n) is 6.61. The van der Waals surface area contributed by atoms with Gasteiger partial charge in [-0.2, -0.15) is 5.10 Å². The molecule has 0 spiro atoms. The first-order chi connectivity index (χ1) is 14.1. The zero-order valence-electron chi connectivity index (χ0n) is 16.7. The molecular formula is C21H25N5O3. The first-order valence-electron chi connectivity index (χ1n) is 9.36. The van der Waals surface area contributed by atoms with E-state index in [2.05, 4.69) is 20.7 Å². The zero-order chi connectivity index (χ0) is 20.6. The monoisotopic (exact) mass is 395 g/mol. The average molecular weight is 395 g/mol. The van der Waals surface area contributed by atoms with Crippen molar-refractivity contribution in [3.8, 4) is 11.6 Å². The maximum atomic E-state index is 12.3. The van der Waals surface area contributed by atoms with E-state index in [1.165, 1.54) is 0 Å². The lowest BCUT2D eigenvalue weighted by Crippen LogP contribution is -2.34. The van der Waals surface area contributed by atoms with Crippen LogP contribution in [0.2, 0.25) is 0 Å². The summed E-state index contributed by atoms with van der Waals surface area (Å²) in [5.41, 5.74) is 1.46. The molecule has 3 rings (SSSR count). The summed E-state index contributed by atoms with van der Waals surface area (Å²) in [5, 5.41) is 9.75. The van der Waals surface area contributed by atoms with E-state index >= 15 is 0 Å². The van der Waals surface area contributed by atoms with Crippen LogP contribution in [0, 0.1) is 0 Å². The summed E-state index contributed by atoms with van der Waals surface area (Å²) >= 11 is 0. The molecule has 152 valence electrons. The van der Waals surface area contributed by atoms with E-state index in [1.54, 1.807) is 42.5 Å². The number of anilines is 1. The summed E-state index contributed by atoms with van der Waals surface area (Å²) in [7, 11) is 1.62. The van der Waals surface area contributed by atoms with Crippen LogP contribution < -0.4 is 15.4 Å². The molecule has 0 aliphatic heterocycles. The standard InChI is InChI=1S/C21H25N5O3/c1-15(2)29-19(17-7-4-5-8-18(17)28-3)14-23-21(27)25-16-9-10-20(22-13-16)26-12-6-11-24-26/h4-13,15,19H,14H2,1-3H3,(H2,23,25,27). The van der Waals surface area contributed by atoms with Gasteiger partial charge in [0.05, 0.1) is 25.1 Å². The van der Waals surface area contributed by atoms with E-state index in [9.17, 15) is 4.79 Å². The fourth-order valence-electron chi connectivity index (χ4n) is 2.85. The second-order valence-corrected chi connectivity index (χ2v) is 6.61. The first-order valence-corrected chi connectivity index (χ1v) is 9.36. The van der Waals surface area contributed by atoms with Crippen LogP contribution in [0.4, 0.5) is 10.5 Å². The quantitative estimate of drug-likeness (QED) is 0.609. The van der Waals surface area contributed by atoms with E-state index in [1.807, 2.05) is 44.2 Å². The number of pyridine rings is 1. The van der Waals surface area contributed by atoms with Gasteiger partial charge >= 0.3 is 6.03 Å². The summed E-state index contributed by atoms with van der Waals surface area (Å²) in [6.45, 7) is 4.20. The minimum absolute atomic E-state index is 0.00573. The van der Waals surface area contributed by atoms with Gasteiger partial charge in [-0.05, 0) is 38.1 Å². The van der Waals surface area contributed by atoms with Gasteiger partial charge in [0.1, 0.15) is 11.9 Å². The minimum atomic E-state index is -0.342. The fourth-order valence-corrected chi connectivity index (χ4v) is 2.85. The highest BCUT2D eigenvalue weighted by Crippen LogP contribution is 2.28. The summed E-state index contributed by atoms with van der Waals surface area (Å²) in [6.07, 6.45) is 4.72. The number of benzene rings is 1. The molecule has 8 heteroatoms. The van der Waals surface area contributed by atoms with Gasteiger partial charge in [0.25, 0.3) is 0 Å². The zero-order valence-corrected chi connectivity index (χ0v) is 16.7. The number of rotatable bonds is 8. The smallest absolute Gasteiger partial charge is 0.319 e. The third-order valence-corrected chi connectivity index (χ3v) is 4.12. The maximum absolute atomic E-state index is 12.3. The van der Waals surface area contributed by atoms with Crippen LogP contribution in [0.1, 0.15) is 25.5 Å². The molecule has 0 fully saturated rings. The van der Waals surface area contributed by atoms with Crippen LogP contribution in [0.25, 0.3) is 5.82 Å². The molecule has 1 unspecified atom stereocenters. The van der Waals surface area contributed by atoms with Crippen molar-refractivity contribution >= 4 is 11.7 Å². The first kappa shape index (κ1) is 20.3. The number of ether oxygens (including phenoxy) is 2. The Labute approximate surface area is 169 Å². The number of para-hydroxylation sites is 1. The number of hydrogen-bond acceptors (Lipinski definition) is 5. The number of nitrogens with zero attached hydrogens (tertiary/aromatic N) is 3. The normalized spacial score (nSPS) is 11.9. The topological polar surface area (TPSA) is 90.3 Å². The molecule has 3 aromatic rings. The molecule has 0 saturated carbocycles. The number of nitrogens with one attached hydrogen (secondary N) is 2. The van der Waals surface area contributed by atoms with Crippen LogP contribution >= 0.6 is 0 Å². The molecule has 8 nitrogen and oxygen atoms in total. The van der Waals surface area contributed by atoms with E-state index in [0.717, 1.165) is 11.3 Å². The third kappa shape index (κ3) is 5.55. The maximum Gasteiger partial charge on any atom is 0.319 e. The van der Waals surface area contributed by atoms with Crippen LogP contribution in [-0.2, 0) is 4.74 Å². The van der Waals surface area contributed by atoms with Crippen molar-refractivity contribution in [2.24, 2.45) is 0 Å². The lowest BCUT2D eigenvalue weighted by atomic mass is 10.1. The number of methoxy groups -OCH3 is 1. The van der Waals surface area contributed by atoms with E-state index in [4.69, 9.17) is 9.47 Å². The van der Waals surface area contributed by atoms with Crippen molar-refractivity contribution in [3.05, 3.63) is 66.6 Å². The molecule has 0 aliphatic carbocycles. The van der Waals surface area contributed by atoms with E-state index < -0.39 is 0 Å². The van der Waals surface area contributed by atoms with Crippen molar-refractivity contribution in [3.63, 3.8) is 0 Å². The van der Waals surface area contributed by atoms with Crippen molar-refractivity contribution < 1.29 is 14.3 Å². The Morgan fingerprint density at radius 1 is 1.17 bits per heavy atom. The Morgan fingerprint density at radius 2 is 2.00 bits per heavy atom. The molecule has 0 radical (unpaired) electrons. The third-order valence-electron chi connectivity index (χ3n) is 4.12. The van der Waals surface area contributed by atoms with Crippen LogP contribution in [0.15, 0.2) is 61.1 Å². The van der Waals surface area contributed by atoms with Gasteiger partial charge < -0.3 is 20.1 Å². The molecule has 29 heavy (non-hydrogen) atoms. The lowest BCUT2D eigenvalue weighted by molar-refractivity contribution is 0.00756. The summed E-state index contributed by atoms with van der Waals surface area (Å²) < 4.78 is 13.1. The highest BCUT2D eigenvalue weighted by Gasteiger charge is 2.19. The molecule has 2 aromatic heterocycles. The highest BCUT2D eigenvalue weighted by atomic mass is 16.5. The van der Waals surface area contributed by atoms with Crippen LogP contribution in [0.5, 0.6) is 5.75 Å². The Morgan fingerprint density at radius 3 is 2.66 bits per heavy atom. The van der Waals surface area contributed by atoms with Gasteiger partial charge in [-0.1, -0.05) is 18.2 Å². The van der Waals surface area contributed by atoms with E-state index in [0.29, 0.717) is 18.1 Å². The molecular weight excluding hydrogens is 370 g/mol. The van der Waals surface area contributed by atoms with Crippen molar-refractivity contribution in [1.29, 1.82) is 0 Å². The molecule has 2 heterocycles. The largest absolute Gasteiger partial charge is 0.496 e. The Kier molecular flexibility index (Phi) is 6.80. The predicted molar refractivity (Wildman–Crippen MR) is 110 cm³/mol. The van der Waals surface area contributed by atoms with Gasteiger partial charge in [-0.25, -0.2) is 14.5 Å². The minimum Gasteiger partial charge on any atom is -0.496 e. The predicted octanol–water partition coefficient (Wildman–Crippen LogP) is 3.56. The van der Waals surface area contributed by atoms with Gasteiger partial charge in [0, 0.05) is 24.5 Å². The number of carbonyl (C=O) groups excluding carboxylic acids is 1. The Hall–Kier alpha value is -3.39. The summed E-state index contributed by atoms with van der Waals surface area (Å²) in [4.78, 5) is 16.6. The Balaban J connectivity index is 1.61. The van der Waals surface area contributed by atoms with Gasteiger partial charge in [-0.15, -0.1) is 0 Å². The lowest BCUT2D eigenvalue weighted by Gasteiger charge is -2.23. The number of aromatic nitrogens is 3. The fraction of sp³-hybridized carbons (Fsp3) is 0.286. The molecule has 2 N–H and O–H groups in total. The second kappa shape index (κ2) is 9.70. The molecule has 2 amide bonds. The van der Waals surface area contributed by atoms with Crippen molar-refractivity contribution in [2.75, 3.05) is 19.0 Å². The van der Waals surface area contributed by atoms with Crippen LogP contribution in [0.3, 0.4) is 0 Å². The highest BCUT2D eigenvalue weighted by molar-refractivity contribution is 5.89. The van der Waals surface area contributed by atoms with Crippen molar-refractivity contribution in [1.82, 2.24) is 20.1 Å².